The van der Waals surface area contributed by atoms with Crippen LogP contribution in [0.3, 0.4) is 0 Å². The molecule has 1 saturated heterocycles. The molecule has 1 aliphatic heterocycles. The minimum absolute atomic E-state index is 0.0505. The van der Waals surface area contributed by atoms with Crippen LogP contribution in [0.4, 0.5) is 5.82 Å². The lowest BCUT2D eigenvalue weighted by Gasteiger charge is -2.32. The van der Waals surface area contributed by atoms with Crippen LogP contribution in [-0.2, 0) is 4.79 Å². The number of benzene rings is 1. The van der Waals surface area contributed by atoms with Crippen molar-refractivity contribution in [3.63, 3.8) is 0 Å². The van der Waals surface area contributed by atoms with E-state index in [-0.39, 0.29) is 17.6 Å². The van der Waals surface area contributed by atoms with E-state index < -0.39 is 0 Å². The van der Waals surface area contributed by atoms with Gasteiger partial charge in [0.1, 0.15) is 5.82 Å². The molecule has 4 heterocycles. The number of carbonyl (C=O) groups excluding carboxylic acids is 2. The Kier molecular flexibility index (Phi) is 5.28. The first-order valence-electron chi connectivity index (χ1n) is 11.3. The molecule has 1 fully saturated rings. The molecule has 0 spiro atoms. The predicted molar refractivity (Wildman–Crippen MR) is 127 cm³/mol. The molecular weight excluding hydrogens is 416 g/mol. The fourth-order valence-electron chi connectivity index (χ4n) is 4.74. The summed E-state index contributed by atoms with van der Waals surface area (Å²) in [5.74, 6) is 0.377. The molecule has 33 heavy (non-hydrogen) atoms. The quantitative estimate of drug-likeness (QED) is 0.481. The van der Waals surface area contributed by atoms with E-state index in [0.29, 0.717) is 42.2 Å². The third kappa shape index (κ3) is 3.61. The van der Waals surface area contributed by atoms with Crippen molar-refractivity contribution in [2.75, 3.05) is 18.8 Å². The molecule has 1 amide bonds. The van der Waals surface area contributed by atoms with E-state index in [1.807, 2.05) is 42.3 Å². The number of aromatic nitrogens is 4. The number of anilines is 1. The first-order chi connectivity index (χ1) is 16.0. The zero-order chi connectivity index (χ0) is 23.1. The molecule has 0 atom stereocenters. The van der Waals surface area contributed by atoms with Crippen LogP contribution in [-0.4, -0.2) is 49.3 Å². The number of hydrogen-bond donors (Lipinski definition) is 1. The van der Waals surface area contributed by atoms with Crippen molar-refractivity contribution in [1.82, 2.24) is 24.5 Å². The fraction of sp³-hybridized carbons (Fsp3) is 0.320. The fourth-order valence-corrected chi connectivity index (χ4v) is 4.74. The maximum atomic E-state index is 12.6. The Hall–Kier alpha value is -3.81. The predicted octanol–water partition coefficient (Wildman–Crippen LogP) is 3.85. The summed E-state index contributed by atoms with van der Waals surface area (Å²) in [7, 11) is 0. The maximum Gasteiger partial charge on any atom is 0.222 e. The van der Waals surface area contributed by atoms with Gasteiger partial charge in [-0.2, -0.15) is 9.61 Å². The van der Waals surface area contributed by atoms with Gasteiger partial charge in [0.15, 0.2) is 11.4 Å². The van der Waals surface area contributed by atoms with Crippen molar-refractivity contribution in [1.29, 1.82) is 0 Å². The van der Waals surface area contributed by atoms with Crippen molar-refractivity contribution >= 4 is 34.1 Å². The van der Waals surface area contributed by atoms with Crippen molar-refractivity contribution in [2.45, 2.75) is 39.0 Å². The molecular formula is C25H26N6O2. The number of carbonyl (C=O) groups is 2. The average molecular weight is 443 g/mol. The van der Waals surface area contributed by atoms with Crippen LogP contribution in [0, 0.1) is 0 Å². The number of Topliss-reactive ketones (excluding diaryl/α,β-unsaturated/α-hetero) is 1. The second kappa shape index (κ2) is 8.27. The number of amides is 1. The molecule has 168 valence electrons. The summed E-state index contributed by atoms with van der Waals surface area (Å²) in [6.45, 7) is 4.70. The number of piperidine rings is 1. The monoisotopic (exact) mass is 442 g/mol. The zero-order valence-corrected chi connectivity index (χ0v) is 18.8. The molecule has 2 N–H and O–H groups in total. The minimum atomic E-state index is -0.131. The van der Waals surface area contributed by atoms with Gasteiger partial charge in [0.05, 0.1) is 23.0 Å². The molecule has 0 radical (unpaired) electrons. The highest BCUT2D eigenvalue weighted by molar-refractivity contribution is 6.00. The highest BCUT2D eigenvalue weighted by Crippen LogP contribution is 2.35. The number of ketones is 1. The van der Waals surface area contributed by atoms with Crippen LogP contribution >= 0.6 is 0 Å². The number of fused-ring (bicyclic) bond motifs is 2. The highest BCUT2D eigenvalue weighted by Gasteiger charge is 2.29. The Morgan fingerprint density at radius 1 is 1.15 bits per heavy atom. The molecule has 0 saturated carbocycles. The Morgan fingerprint density at radius 3 is 2.64 bits per heavy atom. The van der Waals surface area contributed by atoms with Gasteiger partial charge in [0.2, 0.25) is 5.91 Å². The van der Waals surface area contributed by atoms with E-state index in [9.17, 15) is 9.59 Å². The molecule has 4 aromatic rings. The number of likely N-dealkylation sites (tertiary alicyclic amines) is 1. The molecule has 0 unspecified atom stereocenters. The van der Waals surface area contributed by atoms with Crippen molar-refractivity contribution in [3.05, 3.63) is 54.0 Å². The van der Waals surface area contributed by atoms with Crippen LogP contribution < -0.4 is 5.73 Å². The van der Waals surface area contributed by atoms with E-state index in [0.717, 1.165) is 34.9 Å². The summed E-state index contributed by atoms with van der Waals surface area (Å²) in [5, 5.41) is 5.47. The number of nitrogen functional groups attached to an aromatic ring is 1. The van der Waals surface area contributed by atoms with Gasteiger partial charge in [-0.1, -0.05) is 25.1 Å². The lowest BCUT2D eigenvalue weighted by atomic mass is 9.89. The molecule has 8 heteroatoms. The number of para-hydroxylation sites is 1. The molecule has 1 aliphatic rings. The standard InChI is InChI=1S/C25H26N6O2/c1-3-21(33)30-10-8-16(9-11-30)23-22(15(2)32)24(26)31-25(29-23)19(14-28-31)18-12-17-6-4-5-7-20(17)27-13-18/h4-7,12-14,16H,3,8-11,26H2,1-2H3. The Balaban J connectivity index is 1.61. The summed E-state index contributed by atoms with van der Waals surface area (Å²) < 4.78 is 1.54. The maximum absolute atomic E-state index is 12.6. The van der Waals surface area contributed by atoms with Crippen LogP contribution in [0.1, 0.15) is 55.1 Å². The summed E-state index contributed by atoms with van der Waals surface area (Å²) in [4.78, 5) is 36.1. The number of hydrogen-bond acceptors (Lipinski definition) is 6. The first kappa shape index (κ1) is 21.1. The Bertz CT molecular complexity index is 1380. The van der Waals surface area contributed by atoms with Crippen LogP contribution in [0.2, 0.25) is 0 Å². The van der Waals surface area contributed by atoms with Crippen LogP contribution in [0.25, 0.3) is 27.7 Å². The molecule has 0 bridgehead atoms. The van der Waals surface area contributed by atoms with E-state index in [1.54, 1.807) is 10.7 Å². The number of nitrogens with two attached hydrogens (primary N) is 1. The van der Waals surface area contributed by atoms with Crippen molar-refractivity contribution < 1.29 is 9.59 Å². The van der Waals surface area contributed by atoms with Gasteiger partial charge < -0.3 is 10.6 Å². The summed E-state index contributed by atoms with van der Waals surface area (Å²) in [6, 6.07) is 9.99. The summed E-state index contributed by atoms with van der Waals surface area (Å²) in [5.41, 5.74) is 10.8. The molecule has 5 rings (SSSR count). The number of nitrogens with zero attached hydrogens (tertiary/aromatic N) is 5. The van der Waals surface area contributed by atoms with Crippen LogP contribution in [0.15, 0.2) is 42.7 Å². The molecule has 1 aromatic carbocycles. The van der Waals surface area contributed by atoms with E-state index in [4.69, 9.17) is 10.7 Å². The smallest absolute Gasteiger partial charge is 0.222 e. The van der Waals surface area contributed by atoms with Gasteiger partial charge in [-0.3, -0.25) is 14.6 Å². The Morgan fingerprint density at radius 2 is 1.91 bits per heavy atom. The van der Waals surface area contributed by atoms with E-state index >= 15 is 0 Å². The van der Waals surface area contributed by atoms with E-state index in [2.05, 4.69) is 16.1 Å². The third-order valence-electron chi connectivity index (χ3n) is 6.50. The van der Waals surface area contributed by atoms with Gasteiger partial charge >= 0.3 is 0 Å². The van der Waals surface area contributed by atoms with Gasteiger partial charge in [0.25, 0.3) is 0 Å². The first-order valence-corrected chi connectivity index (χ1v) is 11.3. The summed E-state index contributed by atoms with van der Waals surface area (Å²) in [6.07, 6.45) is 5.52. The zero-order valence-electron chi connectivity index (χ0n) is 18.8. The third-order valence-corrected chi connectivity index (χ3v) is 6.50. The second-order valence-electron chi connectivity index (χ2n) is 8.53. The number of rotatable bonds is 4. The van der Waals surface area contributed by atoms with E-state index in [1.165, 1.54) is 6.92 Å². The van der Waals surface area contributed by atoms with Gasteiger partial charge in [0, 0.05) is 48.1 Å². The second-order valence-corrected chi connectivity index (χ2v) is 8.53. The minimum Gasteiger partial charge on any atom is -0.383 e. The number of pyridine rings is 1. The van der Waals surface area contributed by atoms with Crippen molar-refractivity contribution in [2.24, 2.45) is 0 Å². The molecule has 3 aromatic heterocycles. The van der Waals surface area contributed by atoms with Crippen molar-refractivity contribution in [3.8, 4) is 11.1 Å². The van der Waals surface area contributed by atoms with Gasteiger partial charge in [-0.15, -0.1) is 0 Å². The molecule has 8 nitrogen and oxygen atoms in total. The largest absolute Gasteiger partial charge is 0.383 e. The lowest BCUT2D eigenvalue weighted by Crippen LogP contribution is -2.38. The molecule has 0 aliphatic carbocycles. The lowest BCUT2D eigenvalue weighted by molar-refractivity contribution is -0.131. The van der Waals surface area contributed by atoms with Gasteiger partial charge in [-0.05, 0) is 31.9 Å². The topological polar surface area (TPSA) is 106 Å². The van der Waals surface area contributed by atoms with Gasteiger partial charge in [-0.25, -0.2) is 4.98 Å². The highest BCUT2D eigenvalue weighted by atomic mass is 16.2. The SMILES string of the molecule is CCC(=O)N1CCC(c2nc3c(-c4cnc5ccccc5c4)cnn3c(N)c2C(C)=O)CC1. The average Bonchev–Trinajstić information content (AvgIpc) is 3.27. The summed E-state index contributed by atoms with van der Waals surface area (Å²) >= 11 is 0. The normalized spacial score (nSPS) is 14.8. The van der Waals surface area contributed by atoms with Crippen LogP contribution in [0.5, 0.6) is 0 Å². The Labute approximate surface area is 191 Å².